The van der Waals surface area contributed by atoms with E-state index in [-0.39, 0.29) is 0 Å². The normalized spacial score (nSPS) is 9.90. The zero-order chi connectivity index (χ0) is 7.40. The fraction of sp³-hybridized carbons (Fsp3) is 0.250. The van der Waals surface area contributed by atoms with Crippen molar-refractivity contribution >= 4 is 22.0 Å². The summed E-state index contributed by atoms with van der Waals surface area (Å²) in [6, 6.07) is 8.24. The van der Waals surface area contributed by atoms with Crippen LogP contribution < -0.4 is 4.24 Å². The molecule has 0 radical (unpaired) electrons. The molecule has 0 amide bonds. The number of hydrogen-bond acceptors (Lipinski definition) is 1. The summed E-state index contributed by atoms with van der Waals surface area (Å²) >= 11 is 2.09. The Bertz CT molecular complexity index is 210. The molecule has 0 saturated carbocycles. The van der Waals surface area contributed by atoms with E-state index in [4.69, 9.17) is 4.74 Å². The third kappa shape index (κ3) is 1.88. The molecule has 0 saturated heterocycles. The summed E-state index contributed by atoms with van der Waals surface area (Å²) in [5.41, 5.74) is 1.27. The fourth-order valence-electron chi connectivity index (χ4n) is 0.928. The molecule has 10 heavy (non-hydrogen) atoms. The molecule has 0 aliphatic carbocycles. The van der Waals surface area contributed by atoms with Gasteiger partial charge in [-0.1, -0.05) is 0 Å². The van der Waals surface area contributed by atoms with Crippen LogP contribution in [0.25, 0.3) is 0 Å². The molecule has 0 aromatic heterocycles. The number of rotatable bonds is 2. The van der Waals surface area contributed by atoms with Crippen molar-refractivity contribution in [2.45, 2.75) is 6.61 Å². The third-order valence-corrected chi connectivity index (χ3v) is 1.56. The summed E-state index contributed by atoms with van der Waals surface area (Å²) in [4.78, 5) is 0. The summed E-state index contributed by atoms with van der Waals surface area (Å²) in [5.74, 6) is 0. The molecule has 1 aromatic carbocycles. The van der Waals surface area contributed by atoms with E-state index in [0.29, 0.717) is 6.61 Å². The zero-order valence-corrected chi connectivity index (χ0v) is 6.42. The van der Waals surface area contributed by atoms with Gasteiger partial charge in [0, 0.05) is 0 Å². The van der Waals surface area contributed by atoms with Gasteiger partial charge in [0.2, 0.25) is 0 Å². The monoisotopic (exact) mass is 128 g/mol. The Kier molecular flexibility index (Phi) is 3.02. The first-order valence-electron chi connectivity index (χ1n) is 3.38. The molecule has 0 N–H and O–H groups in total. The molecule has 0 fully saturated rings. The van der Waals surface area contributed by atoms with Gasteiger partial charge in [0.05, 0.1) is 0 Å². The predicted molar refractivity (Wildman–Crippen MR) is 42.5 cm³/mol. The predicted octanol–water partition coefficient (Wildman–Crippen LogP) is 0.627. The van der Waals surface area contributed by atoms with E-state index in [9.17, 15) is 0 Å². The molecule has 0 unspecified atom stereocenters. The van der Waals surface area contributed by atoms with Gasteiger partial charge in [-0.3, -0.25) is 0 Å². The Labute approximate surface area is 70.6 Å². The SMILES string of the molecule is [Li][c]1ccccc1COC. The Morgan fingerprint density at radius 1 is 1.40 bits per heavy atom. The maximum atomic E-state index is 5.01. The molecule has 2 heteroatoms. The van der Waals surface area contributed by atoms with Crippen LogP contribution >= 0.6 is 0 Å². The summed E-state index contributed by atoms with van der Waals surface area (Å²) in [7, 11) is 1.71. The summed E-state index contributed by atoms with van der Waals surface area (Å²) < 4.78 is 6.30. The van der Waals surface area contributed by atoms with Crippen molar-refractivity contribution in [1.82, 2.24) is 0 Å². The molecule has 48 valence electrons. The molecule has 1 nitrogen and oxygen atoms in total. The van der Waals surface area contributed by atoms with Crippen molar-refractivity contribution in [2.75, 3.05) is 7.11 Å². The van der Waals surface area contributed by atoms with Gasteiger partial charge in [0.15, 0.2) is 0 Å². The van der Waals surface area contributed by atoms with Gasteiger partial charge in [0.1, 0.15) is 0 Å². The maximum absolute atomic E-state index is 5.01. The Morgan fingerprint density at radius 3 is 2.70 bits per heavy atom. The fourth-order valence-corrected chi connectivity index (χ4v) is 0.928. The summed E-state index contributed by atoms with van der Waals surface area (Å²) in [6.07, 6.45) is 0. The van der Waals surface area contributed by atoms with Gasteiger partial charge < -0.3 is 0 Å². The van der Waals surface area contributed by atoms with E-state index in [0.717, 1.165) is 0 Å². The molecule has 0 aliphatic rings. The first-order valence-corrected chi connectivity index (χ1v) is 3.38. The molecule has 0 spiro atoms. The Balaban J connectivity index is 2.81. The van der Waals surface area contributed by atoms with Gasteiger partial charge in [-0.15, -0.1) is 0 Å². The van der Waals surface area contributed by atoms with E-state index in [1.165, 1.54) is 9.80 Å². The quantitative estimate of drug-likeness (QED) is 0.531. The van der Waals surface area contributed by atoms with Gasteiger partial charge in [-0.05, 0) is 0 Å². The van der Waals surface area contributed by atoms with Gasteiger partial charge >= 0.3 is 70.2 Å². The number of hydrogen-bond donors (Lipinski definition) is 0. The number of benzene rings is 1. The minimum absolute atomic E-state index is 0.715. The standard InChI is InChI=1S/C8H9O.Li/c1-9-7-8-5-3-2-4-6-8;/h2-5H,7H2,1H3;. The van der Waals surface area contributed by atoms with E-state index >= 15 is 0 Å². The van der Waals surface area contributed by atoms with E-state index in [1.54, 1.807) is 7.11 Å². The van der Waals surface area contributed by atoms with Crippen LogP contribution in [0.4, 0.5) is 0 Å². The molecule has 0 bridgehead atoms. The zero-order valence-electron chi connectivity index (χ0n) is 6.42. The molecule has 0 aliphatic heterocycles. The van der Waals surface area contributed by atoms with Crippen molar-refractivity contribution in [3.8, 4) is 0 Å². The van der Waals surface area contributed by atoms with E-state index < -0.39 is 0 Å². The van der Waals surface area contributed by atoms with Crippen LogP contribution in [-0.4, -0.2) is 24.8 Å². The van der Waals surface area contributed by atoms with Crippen LogP contribution in [0.15, 0.2) is 24.3 Å². The van der Waals surface area contributed by atoms with Crippen molar-refractivity contribution < 1.29 is 4.74 Å². The topological polar surface area (TPSA) is 9.23 Å². The summed E-state index contributed by atoms with van der Waals surface area (Å²) in [5, 5.41) is 0. The van der Waals surface area contributed by atoms with Crippen LogP contribution in [0.5, 0.6) is 0 Å². The van der Waals surface area contributed by atoms with Crippen molar-refractivity contribution in [1.29, 1.82) is 0 Å². The summed E-state index contributed by atoms with van der Waals surface area (Å²) in [6.45, 7) is 0.715. The molecule has 1 rings (SSSR count). The van der Waals surface area contributed by atoms with E-state index in [2.05, 4.69) is 29.8 Å². The number of methoxy groups -OCH3 is 1. The molecular formula is C8H9LiO. The van der Waals surface area contributed by atoms with Crippen molar-refractivity contribution in [3.63, 3.8) is 0 Å². The second kappa shape index (κ2) is 3.83. The van der Waals surface area contributed by atoms with Crippen molar-refractivity contribution in [3.05, 3.63) is 29.8 Å². The van der Waals surface area contributed by atoms with Gasteiger partial charge in [0.25, 0.3) is 0 Å². The van der Waals surface area contributed by atoms with Gasteiger partial charge in [-0.25, -0.2) is 0 Å². The number of ether oxygens (including phenoxy) is 1. The Hall–Kier alpha value is -0.223. The third-order valence-electron chi connectivity index (χ3n) is 1.56. The van der Waals surface area contributed by atoms with Crippen molar-refractivity contribution in [2.24, 2.45) is 0 Å². The van der Waals surface area contributed by atoms with Crippen LogP contribution in [0.3, 0.4) is 0 Å². The minimum atomic E-state index is 0.715. The second-order valence-electron chi connectivity index (χ2n) is 2.36. The first-order chi connectivity index (χ1) is 4.84. The molecule has 0 heterocycles. The average Bonchev–Trinajstić information content (AvgIpc) is 1.94. The second-order valence-corrected chi connectivity index (χ2v) is 2.36. The molecular weight excluding hydrogens is 119 g/mol. The van der Waals surface area contributed by atoms with Crippen LogP contribution in [0.1, 0.15) is 5.56 Å². The Morgan fingerprint density at radius 2 is 2.10 bits per heavy atom. The average molecular weight is 128 g/mol. The van der Waals surface area contributed by atoms with Gasteiger partial charge in [-0.2, -0.15) is 0 Å². The van der Waals surface area contributed by atoms with Crippen LogP contribution in [0.2, 0.25) is 0 Å². The molecule has 0 atom stereocenters. The molecule has 1 aromatic rings. The van der Waals surface area contributed by atoms with Crippen LogP contribution in [-0.2, 0) is 11.3 Å². The first kappa shape index (κ1) is 7.88. The van der Waals surface area contributed by atoms with E-state index in [1.807, 2.05) is 12.1 Å². The van der Waals surface area contributed by atoms with Crippen LogP contribution in [0, 0.1) is 0 Å².